The fourth-order valence-electron chi connectivity index (χ4n) is 2.28. The predicted molar refractivity (Wildman–Crippen MR) is 93.3 cm³/mol. The van der Waals surface area contributed by atoms with Crippen molar-refractivity contribution < 1.29 is 18.0 Å². The van der Waals surface area contributed by atoms with Crippen molar-refractivity contribution in [3.05, 3.63) is 28.2 Å². The smallest absolute Gasteiger partial charge is 0.315 e. The Labute approximate surface area is 150 Å². The van der Waals surface area contributed by atoms with Crippen LogP contribution in [0.15, 0.2) is 18.2 Å². The Hall–Kier alpha value is -1.51. The number of urea groups is 1. The number of benzene rings is 1. The van der Waals surface area contributed by atoms with Gasteiger partial charge in [0.05, 0.1) is 11.5 Å². The third-order valence-electron chi connectivity index (χ3n) is 3.35. The van der Waals surface area contributed by atoms with Crippen LogP contribution in [0.4, 0.5) is 10.5 Å². The second-order valence-corrected chi connectivity index (χ2v) is 8.56. The number of carbonyl (C=O) groups excluding carboxylic acids is 2. The summed E-state index contributed by atoms with van der Waals surface area (Å²) in [4.78, 5) is 23.5. The van der Waals surface area contributed by atoms with Crippen LogP contribution < -0.4 is 16.0 Å². The van der Waals surface area contributed by atoms with E-state index in [4.69, 9.17) is 23.2 Å². The molecule has 1 heterocycles. The molecule has 0 bridgehead atoms. The second-order valence-electron chi connectivity index (χ2n) is 5.46. The molecule has 0 unspecified atom stereocenters. The van der Waals surface area contributed by atoms with Crippen molar-refractivity contribution >= 4 is 50.7 Å². The van der Waals surface area contributed by atoms with E-state index in [1.807, 2.05) is 0 Å². The van der Waals surface area contributed by atoms with E-state index < -0.39 is 15.9 Å². The van der Waals surface area contributed by atoms with Gasteiger partial charge in [-0.1, -0.05) is 23.2 Å². The standard InChI is InChI=1S/C14H17Cl2N3O4S/c15-9-5-10(16)7-12(6-9)18-13(20)1-3-17-14(21)19-11-2-4-24(22,23)8-11/h5-7,11H,1-4,8H2,(H,18,20)(H2,17,19,21)/t11-/m0/s1. The van der Waals surface area contributed by atoms with Crippen molar-refractivity contribution in [3.8, 4) is 0 Å². The van der Waals surface area contributed by atoms with Gasteiger partial charge in [0, 0.05) is 34.7 Å². The first kappa shape index (κ1) is 18.8. The summed E-state index contributed by atoms with van der Waals surface area (Å²) in [5.41, 5.74) is 0.470. The van der Waals surface area contributed by atoms with E-state index in [0.29, 0.717) is 22.2 Å². The summed E-state index contributed by atoms with van der Waals surface area (Å²) in [5.74, 6) is -0.268. The average molecular weight is 394 g/mol. The maximum absolute atomic E-state index is 11.8. The van der Waals surface area contributed by atoms with E-state index in [1.54, 1.807) is 18.2 Å². The first-order valence-electron chi connectivity index (χ1n) is 7.24. The lowest BCUT2D eigenvalue weighted by Gasteiger charge is -2.12. The van der Waals surface area contributed by atoms with E-state index in [-0.39, 0.29) is 36.4 Å². The fourth-order valence-corrected chi connectivity index (χ4v) is 4.48. The number of halogens is 2. The van der Waals surface area contributed by atoms with Gasteiger partial charge in [0.15, 0.2) is 9.84 Å². The van der Waals surface area contributed by atoms with E-state index in [0.717, 1.165) is 0 Å². The summed E-state index contributed by atoms with van der Waals surface area (Å²) in [5, 5.41) is 8.53. The van der Waals surface area contributed by atoms with E-state index >= 15 is 0 Å². The number of rotatable bonds is 5. The molecule has 3 N–H and O–H groups in total. The minimum atomic E-state index is -3.04. The molecule has 0 spiro atoms. The lowest BCUT2D eigenvalue weighted by molar-refractivity contribution is -0.116. The highest BCUT2D eigenvalue weighted by molar-refractivity contribution is 7.91. The molecular weight excluding hydrogens is 377 g/mol. The quantitative estimate of drug-likeness (QED) is 0.709. The minimum Gasteiger partial charge on any atom is -0.338 e. The molecule has 10 heteroatoms. The molecule has 132 valence electrons. The lowest BCUT2D eigenvalue weighted by Crippen LogP contribution is -2.43. The van der Waals surface area contributed by atoms with Crippen LogP contribution in [0, 0.1) is 0 Å². The van der Waals surface area contributed by atoms with Crippen LogP contribution in [0.25, 0.3) is 0 Å². The highest BCUT2D eigenvalue weighted by atomic mass is 35.5. The normalized spacial score (nSPS) is 18.8. The number of sulfone groups is 1. The van der Waals surface area contributed by atoms with Gasteiger partial charge in [-0.05, 0) is 24.6 Å². The van der Waals surface area contributed by atoms with Gasteiger partial charge in [-0.15, -0.1) is 0 Å². The van der Waals surface area contributed by atoms with E-state index in [1.165, 1.54) is 0 Å². The summed E-state index contributed by atoms with van der Waals surface area (Å²) in [6, 6.07) is 3.81. The molecule has 3 amide bonds. The van der Waals surface area contributed by atoms with E-state index in [2.05, 4.69) is 16.0 Å². The Kier molecular flexibility index (Phi) is 6.31. The van der Waals surface area contributed by atoms with Gasteiger partial charge < -0.3 is 16.0 Å². The highest BCUT2D eigenvalue weighted by Crippen LogP contribution is 2.22. The first-order chi connectivity index (χ1) is 11.2. The van der Waals surface area contributed by atoms with Crippen LogP contribution >= 0.6 is 23.2 Å². The summed E-state index contributed by atoms with van der Waals surface area (Å²) in [6.45, 7) is 0.117. The molecule has 0 radical (unpaired) electrons. The molecule has 0 saturated carbocycles. The molecule has 2 rings (SSSR count). The monoisotopic (exact) mass is 393 g/mol. The largest absolute Gasteiger partial charge is 0.338 e. The average Bonchev–Trinajstić information content (AvgIpc) is 2.76. The van der Waals surface area contributed by atoms with Crippen molar-refractivity contribution in [3.63, 3.8) is 0 Å². The zero-order chi connectivity index (χ0) is 17.7. The number of amides is 3. The Bertz CT molecular complexity index is 719. The highest BCUT2D eigenvalue weighted by Gasteiger charge is 2.28. The van der Waals surface area contributed by atoms with Gasteiger partial charge in [-0.2, -0.15) is 0 Å². The number of hydrogen-bond donors (Lipinski definition) is 3. The Morgan fingerprint density at radius 1 is 1.17 bits per heavy atom. The summed E-state index contributed by atoms with van der Waals surface area (Å²) in [6.07, 6.45) is 0.465. The number of hydrogen-bond acceptors (Lipinski definition) is 4. The lowest BCUT2D eigenvalue weighted by atomic mass is 10.3. The number of nitrogens with one attached hydrogen (secondary N) is 3. The zero-order valence-electron chi connectivity index (χ0n) is 12.6. The summed E-state index contributed by atoms with van der Waals surface area (Å²) in [7, 11) is -3.04. The molecule has 7 nitrogen and oxygen atoms in total. The van der Waals surface area contributed by atoms with Gasteiger partial charge in [0.25, 0.3) is 0 Å². The van der Waals surface area contributed by atoms with Crippen molar-refractivity contribution in [1.29, 1.82) is 0 Å². The van der Waals surface area contributed by atoms with Crippen LogP contribution in [0.1, 0.15) is 12.8 Å². The molecule has 0 aromatic heterocycles. The van der Waals surface area contributed by atoms with Gasteiger partial charge >= 0.3 is 6.03 Å². The zero-order valence-corrected chi connectivity index (χ0v) is 15.0. The van der Waals surface area contributed by atoms with Gasteiger partial charge in [0.2, 0.25) is 5.91 Å². The SMILES string of the molecule is O=C(CCNC(=O)N[C@H]1CCS(=O)(=O)C1)Nc1cc(Cl)cc(Cl)c1. The topological polar surface area (TPSA) is 104 Å². The minimum absolute atomic E-state index is 0.0452. The fraction of sp³-hybridized carbons (Fsp3) is 0.429. The van der Waals surface area contributed by atoms with Crippen molar-refractivity contribution in [2.24, 2.45) is 0 Å². The maximum atomic E-state index is 11.8. The van der Waals surface area contributed by atoms with Crippen LogP contribution in [-0.2, 0) is 14.6 Å². The molecule has 1 aromatic rings. The molecule has 1 fully saturated rings. The Morgan fingerprint density at radius 3 is 2.42 bits per heavy atom. The van der Waals surface area contributed by atoms with Crippen molar-refractivity contribution in [2.45, 2.75) is 18.9 Å². The Balaban J connectivity index is 1.69. The second kappa shape index (κ2) is 8.04. The summed E-state index contributed by atoms with van der Waals surface area (Å²) < 4.78 is 22.6. The molecule has 1 aliphatic heterocycles. The number of carbonyl (C=O) groups is 2. The molecule has 1 atom stereocenters. The first-order valence-corrected chi connectivity index (χ1v) is 9.82. The van der Waals surface area contributed by atoms with Crippen LogP contribution in [0.5, 0.6) is 0 Å². The van der Waals surface area contributed by atoms with Gasteiger partial charge in [-0.25, -0.2) is 13.2 Å². The van der Waals surface area contributed by atoms with Gasteiger partial charge in [0.1, 0.15) is 0 Å². The molecule has 1 aromatic carbocycles. The van der Waals surface area contributed by atoms with Crippen molar-refractivity contribution in [1.82, 2.24) is 10.6 Å². The van der Waals surface area contributed by atoms with Crippen LogP contribution in [0.2, 0.25) is 10.0 Å². The molecule has 0 aliphatic carbocycles. The maximum Gasteiger partial charge on any atom is 0.315 e. The van der Waals surface area contributed by atoms with Gasteiger partial charge in [-0.3, -0.25) is 4.79 Å². The third kappa shape index (κ3) is 6.18. The van der Waals surface area contributed by atoms with Crippen LogP contribution in [-0.4, -0.2) is 44.4 Å². The van der Waals surface area contributed by atoms with Crippen LogP contribution in [0.3, 0.4) is 0 Å². The Morgan fingerprint density at radius 2 is 1.83 bits per heavy atom. The molecule has 1 aliphatic rings. The van der Waals surface area contributed by atoms with E-state index in [9.17, 15) is 18.0 Å². The van der Waals surface area contributed by atoms with Crippen molar-refractivity contribution in [2.75, 3.05) is 23.4 Å². The third-order valence-corrected chi connectivity index (χ3v) is 5.56. The molecule has 24 heavy (non-hydrogen) atoms. The summed E-state index contributed by atoms with van der Waals surface area (Å²) >= 11 is 11.7. The number of anilines is 1. The molecule has 1 saturated heterocycles. The molecular formula is C14H17Cl2N3O4S. The predicted octanol–water partition coefficient (Wildman–Crippen LogP) is 1.81.